The topological polar surface area (TPSA) is 20.8 Å². The average molecular weight is 877 g/mol. The number of fused-ring (bicyclic) bond motifs is 15. The number of benzene rings is 12. The number of nitrogens with zero attached hydrogens (tertiary/aromatic N) is 2. The number of hydrogen-bond acceptors (Lipinski definition) is 2. The lowest BCUT2D eigenvalue weighted by atomic mass is 9.92. The van der Waals surface area contributed by atoms with Crippen LogP contribution in [-0.4, -0.2) is 4.40 Å². The van der Waals surface area contributed by atoms with Gasteiger partial charge in [0, 0.05) is 54.9 Å². The predicted octanol–water partition coefficient (Wildman–Crippen LogP) is 18.7. The molecule has 0 amide bonds. The first-order chi connectivity index (χ1) is 34.2. The molecule has 12 aromatic carbocycles. The van der Waals surface area contributed by atoms with Gasteiger partial charge < -0.3 is 13.7 Å². The van der Waals surface area contributed by atoms with E-state index in [0.717, 1.165) is 50.1 Å². The van der Waals surface area contributed by atoms with Gasteiger partial charge in [-0.25, -0.2) is 0 Å². The second kappa shape index (κ2) is 14.7. The Morgan fingerprint density at radius 2 is 0.710 bits per heavy atom. The van der Waals surface area contributed by atoms with Crippen LogP contribution in [0.2, 0.25) is 0 Å². The number of rotatable bonds is 6. The Hall–Kier alpha value is -9.18. The third-order valence-corrected chi connectivity index (χ3v) is 14.7. The van der Waals surface area contributed by atoms with Crippen LogP contribution in [0, 0.1) is 0 Å². The summed E-state index contributed by atoms with van der Waals surface area (Å²) in [5, 5.41) is 15.1. The maximum atomic E-state index is 6.47. The molecule has 3 nitrogen and oxygen atoms in total. The van der Waals surface area contributed by atoms with E-state index in [1.807, 2.05) is 12.1 Å². The van der Waals surface area contributed by atoms with Gasteiger partial charge in [-0.05, 0) is 127 Å². The Kier molecular flexibility index (Phi) is 8.07. The summed E-state index contributed by atoms with van der Waals surface area (Å²) >= 11 is 0. The SMILES string of the molecule is c1ccc2c(c1)oc1c(-c3ccc(N(c4ccc(-c5ccc6c7ccccc7c7ccccc7c6c5)cc4)c4ccc(-c5ccc6c(c5)c5cccc7c8ccccc8n6c75)cc4)cc3)cccc12. The van der Waals surface area contributed by atoms with E-state index in [1.54, 1.807) is 0 Å². The minimum atomic E-state index is 0.904. The normalized spacial score (nSPS) is 12.1. The summed E-state index contributed by atoms with van der Waals surface area (Å²) in [5.74, 6) is 0. The van der Waals surface area contributed by atoms with Crippen LogP contribution < -0.4 is 4.90 Å². The van der Waals surface area contributed by atoms with Crippen molar-refractivity contribution >= 4 is 109 Å². The third-order valence-electron chi connectivity index (χ3n) is 14.7. The maximum absolute atomic E-state index is 6.47. The predicted molar refractivity (Wildman–Crippen MR) is 292 cm³/mol. The fourth-order valence-electron chi connectivity index (χ4n) is 11.5. The van der Waals surface area contributed by atoms with Crippen LogP contribution in [-0.2, 0) is 0 Å². The first-order valence-corrected chi connectivity index (χ1v) is 23.7. The monoisotopic (exact) mass is 876 g/mol. The van der Waals surface area contributed by atoms with Gasteiger partial charge >= 0.3 is 0 Å². The summed E-state index contributed by atoms with van der Waals surface area (Å²) in [6, 6.07) is 88.7. The molecule has 0 saturated carbocycles. The quantitative estimate of drug-likeness (QED) is 0.155. The van der Waals surface area contributed by atoms with E-state index in [4.69, 9.17) is 4.42 Å². The summed E-state index contributed by atoms with van der Waals surface area (Å²) in [7, 11) is 0. The van der Waals surface area contributed by atoms with Crippen molar-refractivity contribution < 1.29 is 4.42 Å². The molecule has 0 radical (unpaired) electrons. The van der Waals surface area contributed by atoms with Crippen LogP contribution in [0.1, 0.15) is 0 Å². The van der Waals surface area contributed by atoms with Crippen LogP contribution >= 0.6 is 0 Å². The zero-order valence-corrected chi connectivity index (χ0v) is 37.4. The largest absolute Gasteiger partial charge is 0.455 e. The summed E-state index contributed by atoms with van der Waals surface area (Å²) in [6.45, 7) is 0. The van der Waals surface area contributed by atoms with E-state index in [9.17, 15) is 0 Å². The Morgan fingerprint density at radius 3 is 1.36 bits per heavy atom. The summed E-state index contributed by atoms with van der Waals surface area (Å²) in [4.78, 5) is 2.36. The molecule has 0 aliphatic heterocycles. The molecule has 3 aromatic heterocycles. The van der Waals surface area contributed by atoms with Crippen LogP contribution in [0.5, 0.6) is 0 Å². The highest BCUT2D eigenvalue weighted by Crippen LogP contribution is 2.44. The highest BCUT2D eigenvalue weighted by molar-refractivity contribution is 6.26. The zero-order chi connectivity index (χ0) is 45.2. The Balaban J connectivity index is 0.830. The van der Waals surface area contributed by atoms with E-state index in [2.05, 4.69) is 240 Å². The van der Waals surface area contributed by atoms with Crippen LogP contribution in [0.4, 0.5) is 17.1 Å². The molecule has 0 spiro atoms. The lowest BCUT2D eigenvalue weighted by Gasteiger charge is -2.26. The van der Waals surface area contributed by atoms with E-state index >= 15 is 0 Å². The molecule has 0 N–H and O–H groups in total. The zero-order valence-electron chi connectivity index (χ0n) is 37.4. The molecule has 0 aliphatic rings. The molecule has 15 aromatic rings. The van der Waals surface area contributed by atoms with Crippen molar-refractivity contribution in [3.05, 3.63) is 243 Å². The first-order valence-electron chi connectivity index (χ1n) is 23.7. The molecular weight excluding hydrogens is 837 g/mol. The summed E-state index contributed by atoms with van der Waals surface area (Å²) < 4.78 is 8.91. The van der Waals surface area contributed by atoms with Crippen LogP contribution in [0.25, 0.3) is 126 Å². The van der Waals surface area contributed by atoms with Gasteiger partial charge in [-0.15, -0.1) is 0 Å². The fraction of sp³-hybridized carbons (Fsp3) is 0. The highest BCUT2D eigenvalue weighted by Gasteiger charge is 2.20. The van der Waals surface area contributed by atoms with Gasteiger partial charge in [0.1, 0.15) is 11.2 Å². The molecule has 0 aliphatic carbocycles. The number of furan rings is 1. The molecule has 0 unspecified atom stereocenters. The lowest BCUT2D eigenvalue weighted by Crippen LogP contribution is -2.09. The van der Waals surface area contributed by atoms with Crippen molar-refractivity contribution in [2.24, 2.45) is 0 Å². The van der Waals surface area contributed by atoms with Crippen molar-refractivity contribution in [2.75, 3.05) is 4.90 Å². The molecular formula is C66H40N2O. The van der Waals surface area contributed by atoms with Crippen LogP contribution in [0.15, 0.2) is 247 Å². The van der Waals surface area contributed by atoms with Gasteiger partial charge in [0.05, 0.1) is 16.6 Å². The molecule has 15 rings (SSSR count). The standard InChI is InChI=1S/C66H40N2O/c1-2-13-52-50(11-1)51-12-3-4-14-53(51)60-39-44(29-37-54(52)60)41-23-31-46(32-24-41)67(48-35-27-43(28-36-48)49-17-9-20-59-56-16-6-8-22-64(56)69-66(49)59)47-33-25-42(26-34-47)45-30-38-63-61(40-45)58-19-10-18-57-55-15-5-7-21-62(55)68(63)65(57)58/h1-40H. The Morgan fingerprint density at radius 1 is 0.275 bits per heavy atom. The van der Waals surface area contributed by atoms with Gasteiger partial charge in [-0.3, -0.25) is 0 Å². The number of hydrogen-bond donors (Lipinski definition) is 0. The van der Waals surface area contributed by atoms with E-state index in [1.165, 1.54) is 92.7 Å². The summed E-state index contributed by atoms with van der Waals surface area (Å²) in [6.07, 6.45) is 0. The van der Waals surface area contributed by atoms with Crippen LogP contribution in [0.3, 0.4) is 0 Å². The third kappa shape index (κ3) is 5.68. The fourth-order valence-corrected chi connectivity index (χ4v) is 11.5. The first kappa shape index (κ1) is 38.0. The van der Waals surface area contributed by atoms with E-state index in [-0.39, 0.29) is 0 Å². The second-order valence-electron chi connectivity index (χ2n) is 18.4. The van der Waals surface area contributed by atoms with Crippen molar-refractivity contribution in [2.45, 2.75) is 0 Å². The van der Waals surface area contributed by atoms with Crippen molar-refractivity contribution in [1.82, 2.24) is 4.40 Å². The Bertz CT molecular complexity index is 4480. The molecule has 0 bridgehead atoms. The molecule has 3 heterocycles. The van der Waals surface area contributed by atoms with E-state index < -0.39 is 0 Å². The lowest BCUT2D eigenvalue weighted by molar-refractivity contribution is 0.670. The van der Waals surface area contributed by atoms with Gasteiger partial charge in [-0.2, -0.15) is 0 Å². The molecule has 3 heteroatoms. The average Bonchev–Trinajstić information content (AvgIpc) is 4.09. The number of para-hydroxylation sites is 4. The van der Waals surface area contributed by atoms with Gasteiger partial charge in [0.15, 0.2) is 0 Å². The molecule has 0 fully saturated rings. The smallest absolute Gasteiger partial charge is 0.143 e. The van der Waals surface area contributed by atoms with Crippen molar-refractivity contribution in [3.8, 4) is 33.4 Å². The van der Waals surface area contributed by atoms with Crippen molar-refractivity contribution in [3.63, 3.8) is 0 Å². The minimum Gasteiger partial charge on any atom is -0.455 e. The number of anilines is 3. The minimum absolute atomic E-state index is 0.904. The molecule has 0 atom stereocenters. The number of aromatic nitrogens is 1. The highest BCUT2D eigenvalue weighted by atomic mass is 16.3. The van der Waals surface area contributed by atoms with Crippen molar-refractivity contribution in [1.29, 1.82) is 0 Å². The molecule has 69 heavy (non-hydrogen) atoms. The maximum Gasteiger partial charge on any atom is 0.143 e. The molecule has 320 valence electrons. The van der Waals surface area contributed by atoms with Gasteiger partial charge in [-0.1, -0.05) is 176 Å². The summed E-state index contributed by atoms with van der Waals surface area (Å²) in [5.41, 5.74) is 15.8. The molecule has 0 saturated heterocycles. The van der Waals surface area contributed by atoms with E-state index in [0.29, 0.717) is 0 Å². The second-order valence-corrected chi connectivity index (χ2v) is 18.4. The van der Waals surface area contributed by atoms with Gasteiger partial charge in [0.25, 0.3) is 0 Å². The van der Waals surface area contributed by atoms with Gasteiger partial charge in [0.2, 0.25) is 0 Å². The Labute approximate surface area is 397 Å².